The van der Waals surface area contributed by atoms with Crippen molar-refractivity contribution in [3.05, 3.63) is 45.1 Å². The Labute approximate surface area is 131 Å². The van der Waals surface area contributed by atoms with Gasteiger partial charge in [-0.25, -0.2) is 4.79 Å². The molecule has 0 radical (unpaired) electrons. The molecule has 2 aromatic heterocycles. The van der Waals surface area contributed by atoms with Crippen molar-refractivity contribution >= 4 is 38.3 Å². The highest BCUT2D eigenvalue weighted by atomic mass is 32.1. The van der Waals surface area contributed by atoms with E-state index in [0.717, 1.165) is 22.1 Å². The van der Waals surface area contributed by atoms with Gasteiger partial charge in [-0.05, 0) is 38.5 Å². The van der Waals surface area contributed by atoms with Crippen LogP contribution in [0.4, 0.5) is 0 Å². The van der Waals surface area contributed by atoms with Crippen molar-refractivity contribution in [2.75, 3.05) is 0 Å². The molecule has 114 valence electrons. The molecule has 0 saturated carbocycles. The van der Waals surface area contributed by atoms with Gasteiger partial charge >= 0.3 is 5.63 Å². The van der Waals surface area contributed by atoms with E-state index in [1.807, 2.05) is 32.9 Å². The maximum atomic E-state index is 12.3. The van der Waals surface area contributed by atoms with Crippen molar-refractivity contribution in [1.82, 2.24) is 5.32 Å². The Balaban J connectivity index is 2.18. The number of rotatable bonds is 3. The molecular formula is C17H17NO3S. The van der Waals surface area contributed by atoms with Gasteiger partial charge in [0.15, 0.2) is 0 Å². The predicted octanol–water partition coefficient (Wildman–Crippen LogP) is 3.84. The fourth-order valence-electron chi connectivity index (χ4n) is 2.32. The highest BCUT2D eigenvalue weighted by molar-refractivity contribution is 7.21. The summed E-state index contributed by atoms with van der Waals surface area (Å²) in [4.78, 5) is 24.9. The molecule has 3 rings (SSSR count). The zero-order valence-electron chi connectivity index (χ0n) is 12.7. The molecule has 0 fully saturated rings. The third kappa shape index (κ3) is 2.52. The molecule has 0 bridgehead atoms. The first kappa shape index (κ1) is 14.8. The lowest BCUT2D eigenvalue weighted by atomic mass is 10.1. The van der Waals surface area contributed by atoms with Crippen molar-refractivity contribution in [3.63, 3.8) is 0 Å². The van der Waals surface area contributed by atoms with Crippen LogP contribution in [0.1, 0.15) is 35.5 Å². The molecule has 0 aliphatic carbocycles. The molecule has 3 aromatic rings. The van der Waals surface area contributed by atoms with E-state index in [2.05, 4.69) is 5.32 Å². The lowest BCUT2D eigenvalue weighted by Crippen LogP contribution is -2.31. The predicted molar refractivity (Wildman–Crippen MR) is 89.8 cm³/mol. The summed E-state index contributed by atoms with van der Waals surface area (Å²) in [6.45, 7) is 5.96. The molecule has 0 saturated heterocycles. The quantitative estimate of drug-likeness (QED) is 0.747. The van der Waals surface area contributed by atoms with Crippen molar-refractivity contribution in [3.8, 4) is 0 Å². The highest BCUT2D eigenvalue weighted by Gasteiger charge is 2.16. The zero-order chi connectivity index (χ0) is 15.9. The van der Waals surface area contributed by atoms with E-state index < -0.39 is 5.63 Å². The van der Waals surface area contributed by atoms with E-state index in [-0.39, 0.29) is 11.9 Å². The minimum atomic E-state index is -0.398. The molecule has 0 aliphatic heterocycles. The van der Waals surface area contributed by atoms with Crippen LogP contribution < -0.4 is 10.9 Å². The number of benzene rings is 1. The maximum Gasteiger partial charge on any atom is 0.345 e. The molecule has 22 heavy (non-hydrogen) atoms. The molecule has 4 nitrogen and oxygen atoms in total. The van der Waals surface area contributed by atoms with E-state index in [4.69, 9.17) is 4.42 Å². The first-order valence-electron chi connectivity index (χ1n) is 7.27. The number of amides is 1. The summed E-state index contributed by atoms with van der Waals surface area (Å²) >= 11 is 1.34. The number of fused-ring (bicyclic) bond motifs is 3. The standard InChI is InChI=1S/C17H17NO3S/c1-4-10(3)18-16(19)14-8-12-15(22-14)11-7-9(2)5-6-13(11)21-17(12)20/h5-8,10H,4H2,1-3H3,(H,18,19). The van der Waals surface area contributed by atoms with Gasteiger partial charge in [0.25, 0.3) is 5.91 Å². The summed E-state index contributed by atoms with van der Waals surface area (Å²) in [7, 11) is 0. The van der Waals surface area contributed by atoms with Crippen molar-refractivity contribution in [2.45, 2.75) is 33.2 Å². The van der Waals surface area contributed by atoms with Crippen LogP contribution in [0.25, 0.3) is 21.1 Å². The molecule has 1 N–H and O–H groups in total. The number of thiophene rings is 1. The number of aryl methyl sites for hydroxylation is 1. The summed E-state index contributed by atoms with van der Waals surface area (Å²) in [5.41, 5.74) is 1.24. The van der Waals surface area contributed by atoms with Crippen LogP contribution in [-0.2, 0) is 0 Å². The molecular weight excluding hydrogens is 298 g/mol. The van der Waals surface area contributed by atoms with Crippen molar-refractivity contribution in [1.29, 1.82) is 0 Å². The second-order valence-corrected chi connectivity index (χ2v) is 6.58. The summed E-state index contributed by atoms with van der Waals surface area (Å²) in [5.74, 6) is -0.143. The Morgan fingerprint density at radius 2 is 2.09 bits per heavy atom. The SMILES string of the molecule is CCC(C)NC(=O)c1cc2c(=O)oc3ccc(C)cc3c2s1. The van der Waals surface area contributed by atoms with Crippen LogP contribution in [0.15, 0.2) is 33.5 Å². The lowest BCUT2D eigenvalue weighted by molar-refractivity contribution is 0.0943. The molecule has 1 unspecified atom stereocenters. The second kappa shape index (κ2) is 5.57. The Hall–Kier alpha value is -2.14. The first-order valence-corrected chi connectivity index (χ1v) is 8.09. The summed E-state index contributed by atoms with van der Waals surface area (Å²) in [5, 5.41) is 4.27. The third-order valence-corrected chi connectivity index (χ3v) is 4.92. The van der Waals surface area contributed by atoms with Gasteiger partial charge in [0, 0.05) is 11.4 Å². The van der Waals surface area contributed by atoms with E-state index >= 15 is 0 Å². The van der Waals surface area contributed by atoms with Gasteiger partial charge in [0.05, 0.1) is 15.0 Å². The van der Waals surface area contributed by atoms with Gasteiger partial charge in [-0.3, -0.25) is 4.79 Å². The van der Waals surface area contributed by atoms with E-state index in [1.165, 1.54) is 11.3 Å². The topological polar surface area (TPSA) is 59.3 Å². The van der Waals surface area contributed by atoms with Crippen LogP contribution in [0.3, 0.4) is 0 Å². The average molecular weight is 315 g/mol. The minimum Gasteiger partial charge on any atom is -0.422 e. The van der Waals surface area contributed by atoms with Crippen molar-refractivity contribution < 1.29 is 9.21 Å². The second-order valence-electron chi connectivity index (χ2n) is 5.53. The molecule has 1 atom stereocenters. The van der Waals surface area contributed by atoms with Crippen LogP contribution >= 0.6 is 11.3 Å². The molecule has 5 heteroatoms. The fourth-order valence-corrected chi connectivity index (χ4v) is 3.39. The van der Waals surface area contributed by atoms with Gasteiger partial charge in [0.1, 0.15) is 5.58 Å². The molecule has 2 heterocycles. The van der Waals surface area contributed by atoms with E-state index in [1.54, 1.807) is 12.1 Å². The largest absolute Gasteiger partial charge is 0.422 e. The number of carbonyl (C=O) groups is 1. The summed E-state index contributed by atoms with van der Waals surface area (Å²) < 4.78 is 6.15. The van der Waals surface area contributed by atoms with Crippen molar-refractivity contribution in [2.24, 2.45) is 0 Å². The average Bonchev–Trinajstić information content (AvgIpc) is 2.94. The molecule has 0 spiro atoms. The Morgan fingerprint density at radius 1 is 1.32 bits per heavy atom. The van der Waals surface area contributed by atoms with Gasteiger partial charge in [-0.1, -0.05) is 18.6 Å². The third-order valence-electron chi connectivity index (χ3n) is 3.75. The zero-order valence-corrected chi connectivity index (χ0v) is 13.5. The van der Waals surface area contributed by atoms with E-state index in [0.29, 0.717) is 15.8 Å². The monoisotopic (exact) mass is 315 g/mol. The molecule has 1 amide bonds. The van der Waals surface area contributed by atoms with Crippen LogP contribution in [0.5, 0.6) is 0 Å². The first-order chi connectivity index (χ1) is 10.5. The smallest absolute Gasteiger partial charge is 0.345 e. The van der Waals surface area contributed by atoms with E-state index in [9.17, 15) is 9.59 Å². The van der Waals surface area contributed by atoms with Gasteiger partial charge in [0.2, 0.25) is 0 Å². The molecule has 1 aromatic carbocycles. The Morgan fingerprint density at radius 3 is 2.82 bits per heavy atom. The molecule has 0 aliphatic rings. The van der Waals surface area contributed by atoms with Gasteiger partial charge in [-0.15, -0.1) is 11.3 Å². The summed E-state index contributed by atoms with van der Waals surface area (Å²) in [6, 6.07) is 7.41. The number of carbonyl (C=O) groups excluding carboxylic acids is 1. The number of nitrogens with one attached hydrogen (secondary N) is 1. The highest BCUT2D eigenvalue weighted by Crippen LogP contribution is 2.31. The number of hydrogen-bond donors (Lipinski definition) is 1. The Kier molecular flexibility index (Phi) is 3.74. The summed E-state index contributed by atoms with van der Waals surface area (Å²) in [6.07, 6.45) is 0.862. The number of hydrogen-bond acceptors (Lipinski definition) is 4. The van der Waals surface area contributed by atoms with Crippen LogP contribution in [0.2, 0.25) is 0 Å². The lowest BCUT2D eigenvalue weighted by Gasteiger charge is -2.09. The van der Waals surface area contributed by atoms with Gasteiger partial charge in [-0.2, -0.15) is 0 Å². The Bertz CT molecular complexity index is 923. The minimum absolute atomic E-state index is 0.105. The van der Waals surface area contributed by atoms with Crippen LogP contribution in [-0.4, -0.2) is 11.9 Å². The normalized spacial score (nSPS) is 12.7. The fraction of sp³-hybridized carbons (Fsp3) is 0.294. The maximum absolute atomic E-state index is 12.3. The van der Waals surface area contributed by atoms with Gasteiger partial charge < -0.3 is 9.73 Å². The van der Waals surface area contributed by atoms with Crippen LogP contribution in [0, 0.1) is 6.92 Å².